The van der Waals surface area contributed by atoms with Gasteiger partial charge in [-0.05, 0) is 41.0 Å². The molecule has 0 radical (unpaired) electrons. The van der Waals surface area contributed by atoms with Crippen LogP contribution in [0.2, 0.25) is 15.1 Å². The van der Waals surface area contributed by atoms with Crippen LogP contribution in [0, 0.1) is 0 Å². The van der Waals surface area contributed by atoms with Gasteiger partial charge in [-0.2, -0.15) is 5.10 Å². The molecular formula is C22H17Cl3N2O. The van der Waals surface area contributed by atoms with Crippen molar-refractivity contribution in [2.45, 2.75) is 13.3 Å². The molecule has 0 aliphatic rings. The molecule has 0 saturated carbocycles. The molecule has 0 N–H and O–H groups in total. The predicted molar refractivity (Wildman–Crippen MR) is 118 cm³/mol. The van der Waals surface area contributed by atoms with Crippen molar-refractivity contribution in [3.05, 3.63) is 98.5 Å². The second kappa shape index (κ2) is 9.24. The summed E-state index contributed by atoms with van der Waals surface area (Å²) in [5.74, 6) is -0.246. The van der Waals surface area contributed by atoms with Gasteiger partial charge in [0.1, 0.15) is 0 Å². The van der Waals surface area contributed by atoms with E-state index in [1.807, 2.05) is 54.6 Å². The molecule has 0 aliphatic carbocycles. The van der Waals surface area contributed by atoms with Crippen molar-refractivity contribution in [3.63, 3.8) is 0 Å². The minimum Gasteiger partial charge on any atom is -0.273 e. The molecule has 3 rings (SSSR count). The Morgan fingerprint density at radius 3 is 2.14 bits per heavy atom. The van der Waals surface area contributed by atoms with Crippen molar-refractivity contribution >= 4 is 52.6 Å². The molecular weight excluding hydrogens is 415 g/mol. The molecule has 28 heavy (non-hydrogen) atoms. The Morgan fingerprint density at radius 1 is 0.964 bits per heavy atom. The Bertz CT molecular complexity index is 979. The minimum atomic E-state index is -0.246. The highest BCUT2D eigenvalue weighted by Crippen LogP contribution is 2.33. The van der Waals surface area contributed by atoms with Gasteiger partial charge in [0.25, 0.3) is 0 Å². The topological polar surface area (TPSA) is 32.7 Å². The Hall–Kier alpha value is -2.33. The first-order valence-corrected chi connectivity index (χ1v) is 9.69. The lowest BCUT2D eigenvalue weighted by Gasteiger charge is -2.17. The van der Waals surface area contributed by atoms with Crippen LogP contribution in [0.1, 0.15) is 23.6 Å². The predicted octanol–water partition coefficient (Wildman–Crippen LogP) is 6.62. The van der Waals surface area contributed by atoms with Gasteiger partial charge < -0.3 is 0 Å². The fourth-order valence-electron chi connectivity index (χ4n) is 2.68. The van der Waals surface area contributed by atoms with E-state index in [-0.39, 0.29) is 5.91 Å². The minimum absolute atomic E-state index is 0.246. The number of nitrogens with zero attached hydrogens (tertiary/aromatic N) is 2. The number of benzene rings is 3. The highest BCUT2D eigenvalue weighted by atomic mass is 35.5. The maximum atomic E-state index is 12.1. The SMILES string of the molecule is CC(=O)N(N=Cc1ccccc1)c1cc(Cl)c(Cc2ccc(Cl)cc2)c(Cl)c1. The lowest BCUT2D eigenvalue weighted by atomic mass is 10.0. The van der Waals surface area contributed by atoms with Crippen LogP contribution < -0.4 is 5.01 Å². The Labute approximate surface area is 179 Å². The number of carbonyl (C=O) groups is 1. The summed E-state index contributed by atoms with van der Waals surface area (Å²) in [6.45, 7) is 1.44. The lowest BCUT2D eigenvalue weighted by Crippen LogP contribution is -2.22. The van der Waals surface area contributed by atoms with Crippen molar-refractivity contribution in [1.29, 1.82) is 0 Å². The van der Waals surface area contributed by atoms with Gasteiger partial charge in [-0.15, -0.1) is 0 Å². The maximum absolute atomic E-state index is 12.1. The number of carbonyl (C=O) groups excluding carboxylic acids is 1. The lowest BCUT2D eigenvalue weighted by molar-refractivity contribution is -0.116. The van der Waals surface area contributed by atoms with Gasteiger partial charge in [-0.3, -0.25) is 4.79 Å². The molecule has 0 bridgehead atoms. The highest BCUT2D eigenvalue weighted by molar-refractivity contribution is 6.36. The van der Waals surface area contributed by atoms with Crippen molar-refractivity contribution in [1.82, 2.24) is 0 Å². The second-order valence-corrected chi connectivity index (χ2v) is 7.43. The zero-order valence-electron chi connectivity index (χ0n) is 15.1. The van der Waals surface area contributed by atoms with E-state index in [2.05, 4.69) is 5.10 Å². The maximum Gasteiger partial charge on any atom is 0.244 e. The van der Waals surface area contributed by atoms with Gasteiger partial charge in [0.15, 0.2) is 0 Å². The standard InChI is InChI=1S/C22H17Cl3N2O/c1-15(28)27(26-14-17-5-3-2-4-6-17)19-12-21(24)20(22(25)13-19)11-16-7-9-18(23)10-8-16/h2-10,12-14H,11H2,1H3. The molecule has 0 aromatic heterocycles. The van der Waals surface area contributed by atoms with E-state index in [1.54, 1.807) is 18.3 Å². The summed E-state index contributed by atoms with van der Waals surface area (Å²) in [7, 11) is 0. The Balaban J connectivity index is 1.89. The molecule has 3 nitrogen and oxygen atoms in total. The normalized spacial score (nSPS) is 11.0. The molecule has 0 unspecified atom stereocenters. The van der Waals surface area contributed by atoms with Gasteiger partial charge >= 0.3 is 0 Å². The van der Waals surface area contributed by atoms with Gasteiger partial charge in [-0.1, -0.05) is 77.3 Å². The molecule has 0 saturated heterocycles. The van der Waals surface area contributed by atoms with E-state index >= 15 is 0 Å². The Kier molecular flexibility index (Phi) is 6.74. The molecule has 0 fully saturated rings. The highest BCUT2D eigenvalue weighted by Gasteiger charge is 2.16. The number of anilines is 1. The van der Waals surface area contributed by atoms with Gasteiger partial charge in [-0.25, -0.2) is 5.01 Å². The fourth-order valence-corrected chi connectivity index (χ4v) is 3.42. The molecule has 142 valence electrons. The third-order valence-corrected chi connectivity index (χ3v) is 5.01. The first kappa shape index (κ1) is 20.4. The van der Waals surface area contributed by atoms with Crippen LogP contribution in [0.25, 0.3) is 0 Å². The quantitative estimate of drug-likeness (QED) is 0.330. The van der Waals surface area contributed by atoms with Crippen LogP contribution in [0.4, 0.5) is 5.69 Å². The number of amides is 1. The van der Waals surface area contributed by atoms with E-state index in [9.17, 15) is 4.79 Å². The van der Waals surface area contributed by atoms with Crippen LogP contribution >= 0.6 is 34.8 Å². The third-order valence-electron chi connectivity index (χ3n) is 4.08. The molecule has 6 heteroatoms. The molecule has 0 atom stereocenters. The van der Waals surface area contributed by atoms with Crippen LogP contribution in [0.15, 0.2) is 71.8 Å². The van der Waals surface area contributed by atoms with Crippen LogP contribution in [-0.2, 0) is 11.2 Å². The third kappa shape index (κ3) is 5.14. The molecule has 1 amide bonds. The second-order valence-electron chi connectivity index (χ2n) is 6.18. The van der Waals surface area contributed by atoms with E-state index < -0.39 is 0 Å². The first-order valence-electron chi connectivity index (χ1n) is 8.56. The Morgan fingerprint density at radius 2 is 1.57 bits per heavy atom. The zero-order valence-corrected chi connectivity index (χ0v) is 17.3. The van der Waals surface area contributed by atoms with E-state index in [1.165, 1.54) is 11.9 Å². The fraction of sp³-hybridized carbons (Fsp3) is 0.0909. The average Bonchev–Trinajstić information content (AvgIpc) is 2.67. The summed E-state index contributed by atoms with van der Waals surface area (Å²) < 4.78 is 0. The van der Waals surface area contributed by atoms with Crippen LogP contribution in [0.3, 0.4) is 0 Å². The van der Waals surface area contributed by atoms with Crippen molar-refractivity contribution < 1.29 is 4.79 Å². The molecule has 3 aromatic rings. The number of hydrogen-bond acceptors (Lipinski definition) is 2. The summed E-state index contributed by atoms with van der Waals surface area (Å²) in [6, 6.07) is 20.4. The van der Waals surface area contributed by atoms with Gasteiger partial charge in [0.2, 0.25) is 5.91 Å². The first-order chi connectivity index (χ1) is 13.4. The molecule has 0 aliphatic heterocycles. The van der Waals surface area contributed by atoms with Crippen LogP contribution in [-0.4, -0.2) is 12.1 Å². The van der Waals surface area contributed by atoms with Crippen molar-refractivity contribution in [2.75, 3.05) is 5.01 Å². The summed E-state index contributed by atoms with van der Waals surface area (Å²) in [6.07, 6.45) is 2.17. The molecule has 0 heterocycles. The largest absolute Gasteiger partial charge is 0.273 e. The summed E-state index contributed by atoms with van der Waals surface area (Å²) in [5, 5.41) is 7.18. The monoisotopic (exact) mass is 430 g/mol. The number of rotatable bonds is 5. The van der Waals surface area contributed by atoms with Crippen molar-refractivity contribution in [2.24, 2.45) is 5.10 Å². The summed E-state index contributed by atoms with van der Waals surface area (Å²) in [4.78, 5) is 12.1. The van der Waals surface area contributed by atoms with Crippen molar-refractivity contribution in [3.8, 4) is 0 Å². The van der Waals surface area contributed by atoms with E-state index in [0.29, 0.717) is 27.2 Å². The van der Waals surface area contributed by atoms with E-state index in [0.717, 1.165) is 16.7 Å². The number of halogens is 3. The number of hydrogen-bond donors (Lipinski definition) is 0. The van der Waals surface area contributed by atoms with Gasteiger partial charge in [0, 0.05) is 28.4 Å². The van der Waals surface area contributed by atoms with E-state index in [4.69, 9.17) is 34.8 Å². The smallest absolute Gasteiger partial charge is 0.244 e. The number of hydrazone groups is 1. The van der Waals surface area contributed by atoms with Gasteiger partial charge in [0.05, 0.1) is 11.9 Å². The molecule has 0 spiro atoms. The summed E-state index contributed by atoms with van der Waals surface area (Å²) >= 11 is 18.9. The summed E-state index contributed by atoms with van der Waals surface area (Å²) in [5.41, 5.74) is 3.20. The molecule has 3 aromatic carbocycles. The average molecular weight is 432 g/mol. The zero-order chi connectivity index (χ0) is 20.1. The van der Waals surface area contributed by atoms with Crippen LogP contribution in [0.5, 0.6) is 0 Å².